The highest BCUT2D eigenvalue weighted by Gasteiger charge is 2.26. The van der Waals surface area contributed by atoms with E-state index in [4.69, 9.17) is 0 Å². The number of hydrogen-bond acceptors (Lipinski definition) is 3. The molecule has 3 aromatic rings. The van der Waals surface area contributed by atoms with Crippen molar-refractivity contribution in [1.29, 1.82) is 0 Å². The van der Waals surface area contributed by atoms with Gasteiger partial charge in [0.1, 0.15) is 0 Å². The van der Waals surface area contributed by atoms with Crippen molar-refractivity contribution in [1.82, 2.24) is 14.3 Å². The van der Waals surface area contributed by atoms with E-state index in [1.165, 1.54) is 5.56 Å². The lowest BCUT2D eigenvalue weighted by atomic mass is 10.0. The summed E-state index contributed by atoms with van der Waals surface area (Å²) in [6, 6.07) is 13.3. The summed E-state index contributed by atoms with van der Waals surface area (Å²) in [7, 11) is 0. The first-order valence-corrected chi connectivity index (χ1v) is 9.72. The molecule has 0 atom stereocenters. The molecule has 0 radical (unpaired) electrons. The van der Waals surface area contributed by atoms with Gasteiger partial charge in [-0.1, -0.05) is 32.0 Å². The number of carbonyl (C=O) groups is 2. The van der Waals surface area contributed by atoms with E-state index in [0.29, 0.717) is 22.8 Å². The van der Waals surface area contributed by atoms with Crippen LogP contribution in [-0.4, -0.2) is 39.2 Å². The Morgan fingerprint density at radius 1 is 1.04 bits per heavy atom. The number of amides is 2. The van der Waals surface area contributed by atoms with Crippen molar-refractivity contribution in [2.45, 2.75) is 32.6 Å². The number of carbonyl (C=O) groups excluding carboxylic acids is 2. The van der Waals surface area contributed by atoms with Crippen LogP contribution in [0, 0.1) is 0 Å². The second kappa shape index (κ2) is 7.46. The molecule has 1 N–H and O–H groups in total. The van der Waals surface area contributed by atoms with Crippen molar-refractivity contribution >= 4 is 23.0 Å². The van der Waals surface area contributed by atoms with Crippen LogP contribution in [0.1, 0.15) is 59.3 Å². The predicted octanol–water partition coefficient (Wildman–Crippen LogP) is 3.95. The van der Waals surface area contributed by atoms with Gasteiger partial charge in [0.15, 0.2) is 5.69 Å². The summed E-state index contributed by atoms with van der Waals surface area (Å²) < 4.78 is 1.68. The zero-order valence-corrected chi connectivity index (χ0v) is 16.2. The largest absolute Gasteiger partial charge is 0.337 e. The molecule has 6 nitrogen and oxygen atoms in total. The van der Waals surface area contributed by atoms with E-state index in [-0.39, 0.29) is 17.6 Å². The number of rotatable bonds is 4. The van der Waals surface area contributed by atoms with Crippen molar-refractivity contribution in [2.75, 3.05) is 18.4 Å². The Hall–Kier alpha value is -3.15. The molecule has 0 bridgehead atoms. The third-order valence-electron chi connectivity index (χ3n) is 5.18. The van der Waals surface area contributed by atoms with E-state index in [9.17, 15) is 9.59 Å². The Morgan fingerprint density at radius 3 is 2.43 bits per heavy atom. The first kappa shape index (κ1) is 18.2. The second-order valence-electron chi connectivity index (χ2n) is 7.47. The van der Waals surface area contributed by atoms with Gasteiger partial charge in [0.25, 0.3) is 11.8 Å². The predicted molar refractivity (Wildman–Crippen MR) is 109 cm³/mol. The summed E-state index contributed by atoms with van der Waals surface area (Å²) in [6.07, 6.45) is 3.79. The second-order valence-corrected chi connectivity index (χ2v) is 7.47. The van der Waals surface area contributed by atoms with Crippen molar-refractivity contribution < 1.29 is 9.59 Å². The molecule has 0 unspecified atom stereocenters. The monoisotopic (exact) mass is 376 g/mol. The fourth-order valence-corrected chi connectivity index (χ4v) is 3.56. The van der Waals surface area contributed by atoms with E-state index in [1.807, 2.05) is 47.4 Å². The van der Waals surface area contributed by atoms with Gasteiger partial charge in [-0.15, -0.1) is 0 Å². The van der Waals surface area contributed by atoms with Gasteiger partial charge in [-0.25, -0.2) is 4.98 Å². The molecule has 0 aliphatic carbocycles. The maximum Gasteiger partial charge on any atom is 0.292 e. The molecule has 6 heteroatoms. The van der Waals surface area contributed by atoms with Gasteiger partial charge >= 0.3 is 0 Å². The SMILES string of the molecule is CC(C)c1ccc(NC(=O)c2nc(C(=O)N3CCCC3)c3ccccn23)cc1. The summed E-state index contributed by atoms with van der Waals surface area (Å²) in [6.45, 7) is 5.75. The molecule has 1 aliphatic rings. The van der Waals surface area contributed by atoms with Crippen LogP contribution in [0.25, 0.3) is 5.52 Å². The van der Waals surface area contributed by atoms with Crippen LogP contribution >= 0.6 is 0 Å². The quantitative estimate of drug-likeness (QED) is 0.750. The van der Waals surface area contributed by atoms with Gasteiger partial charge in [-0.05, 0) is 48.6 Å². The van der Waals surface area contributed by atoms with Gasteiger partial charge < -0.3 is 10.2 Å². The zero-order chi connectivity index (χ0) is 19.7. The smallest absolute Gasteiger partial charge is 0.292 e. The molecule has 1 aromatic carbocycles. The Kier molecular flexibility index (Phi) is 4.86. The third-order valence-corrected chi connectivity index (χ3v) is 5.18. The van der Waals surface area contributed by atoms with E-state index in [2.05, 4.69) is 24.1 Å². The van der Waals surface area contributed by atoms with Gasteiger partial charge in [0.2, 0.25) is 5.82 Å². The number of fused-ring (bicyclic) bond motifs is 1. The van der Waals surface area contributed by atoms with Gasteiger partial charge in [-0.3, -0.25) is 14.0 Å². The molecular weight excluding hydrogens is 352 g/mol. The molecule has 3 heterocycles. The lowest BCUT2D eigenvalue weighted by Gasteiger charge is -2.13. The summed E-state index contributed by atoms with van der Waals surface area (Å²) in [5, 5.41) is 2.89. The standard InChI is InChI=1S/C22H24N4O2/c1-15(2)16-8-10-17(11-9-16)23-21(27)20-24-19(18-7-3-4-14-26(18)20)22(28)25-12-5-6-13-25/h3-4,7-11,14-15H,5-6,12-13H2,1-2H3,(H,23,27). The van der Waals surface area contributed by atoms with E-state index >= 15 is 0 Å². The van der Waals surface area contributed by atoms with Crippen molar-refractivity contribution in [3.63, 3.8) is 0 Å². The van der Waals surface area contributed by atoms with Crippen LogP contribution in [0.15, 0.2) is 48.7 Å². The van der Waals surface area contributed by atoms with Crippen molar-refractivity contribution in [3.8, 4) is 0 Å². The average Bonchev–Trinajstić information content (AvgIpc) is 3.36. The highest BCUT2D eigenvalue weighted by atomic mass is 16.2. The number of benzene rings is 1. The average molecular weight is 376 g/mol. The Morgan fingerprint density at radius 2 is 1.75 bits per heavy atom. The molecule has 0 saturated carbocycles. The number of likely N-dealkylation sites (tertiary alicyclic amines) is 1. The molecule has 1 aliphatic heterocycles. The maximum absolute atomic E-state index is 12.9. The molecule has 2 amide bonds. The fraction of sp³-hybridized carbons (Fsp3) is 0.318. The summed E-state index contributed by atoms with van der Waals surface area (Å²) in [5.74, 6) is 0.201. The Balaban J connectivity index is 1.64. The Bertz CT molecular complexity index is 1010. The number of nitrogens with one attached hydrogen (secondary N) is 1. The van der Waals surface area contributed by atoms with E-state index in [1.54, 1.807) is 10.6 Å². The summed E-state index contributed by atoms with van der Waals surface area (Å²) >= 11 is 0. The minimum absolute atomic E-state index is 0.110. The molecule has 0 spiro atoms. The molecular formula is C22H24N4O2. The van der Waals surface area contributed by atoms with Crippen molar-refractivity contribution in [3.05, 3.63) is 65.7 Å². The van der Waals surface area contributed by atoms with Gasteiger partial charge in [0, 0.05) is 25.0 Å². The lowest BCUT2D eigenvalue weighted by Crippen LogP contribution is -2.28. The summed E-state index contributed by atoms with van der Waals surface area (Å²) in [5.41, 5.74) is 2.90. The van der Waals surface area contributed by atoms with Crippen LogP contribution in [0.2, 0.25) is 0 Å². The molecule has 4 rings (SSSR count). The lowest BCUT2D eigenvalue weighted by molar-refractivity contribution is 0.0789. The first-order valence-electron chi connectivity index (χ1n) is 9.72. The van der Waals surface area contributed by atoms with Crippen molar-refractivity contribution in [2.24, 2.45) is 0 Å². The molecule has 2 aromatic heterocycles. The van der Waals surface area contributed by atoms with Crippen LogP contribution in [0.4, 0.5) is 5.69 Å². The van der Waals surface area contributed by atoms with Crippen LogP contribution in [0.3, 0.4) is 0 Å². The molecule has 28 heavy (non-hydrogen) atoms. The van der Waals surface area contributed by atoms with Gasteiger partial charge in [-0.2, -0.15) is 0 Å². The number of hydrogen-bond donors (Lipinski definition) is 1. The van der Waals surface area contributed by atoms with Crippen LogP contribution in [0.5, 0.6) is 0 Å². The van der Waals surface area contributed by atoms with Crippen LogP contribution in [-0.2, 0) is 0 Å². The molecule has 1 saturated heterocycles. The molecule has 1 fully saturated rings. The van der Waals surface area contributed by atoms with Crippen LogP contribution < -0.4 is 5.32 Å². The van der Waals surface area contributed by atoms with E-state index < -0.39 is 0 Å². The minimum atomic E-state index is -0.334. The highest BCUT2D eigenvalue weighted by molar-refractivity contribution is 6.06. The first-order chi connectivity index (χ1) is 13.5. The zero-order valence-electron chi connectivity index (χ0n) is 16.2. The number of nitrogens with zero attached hydrogens (tertiary/aromatic N) is 3. The highest BCUT2D eigenvalue weighted by Crippen LogP contribution is 2.20. The number of anilines is 1. The van der Waals surface area contributed by atoms with Gasteiger partial charge in [0.05, 0.1) is 5.52 Å². The topological polar surface area (TPSA) is 66.7 Å². The van der Waals surface area contributed by atoms with E-state index in [0.717, 1.165) is 25.9 Å². The maximum atomic E-state index is 12.9. The number of pyridine rings is 1. The normalized spacial score (nSPS) is 14.0. The summed E-state index contributed by atoms with van der Waals surface area (Å²) in [4.78, 5) is 32.0. The molecule has 144 valence electrons. The number of aromatic nitrogens is 2. The fourth-order valence-electron chi connectivity index (χ4n) is 3.56. The minimum Gasteiger partial charge on any atom is -0.337 e. The number of imidazole rings is 1. The Labute approximate surface area is 164 Å². The third kappa shape index (κ3) is 3.38.